The number of hydrogen-bond acceptors (Lipinski definition) is 4. The third-order valence-corrected chi connectivity index (χ3v) is 5.87. The zero-order valence-corrected chi connectivity index (χ0v) is 19.7. The third kappa shape index (κ3) is 3.99. The Labute approximate surface area is 198 Å². The summed E-state index contributed by atoms with van der Waals surface area (Å²) < 4.78 is 9.46. The number of fused-ring (bicyclic) bond motifs is 1. The molecule has 0 spiro atoms. The molecule has 0 atom stereocenters. The standard InChI is InChI=1S/C28H26N4O2/c1-18-8-5-10-22(14-18)17-34-25-12-7-13-31-27(25)29-21(4)26(28(31)33)24-16-20(3)32(30-24)23-11-6-9-19(2)15-23/h5-16H,17H2,1-4H3. The molecule has 34 heavy (non-hydrogen) atoms. The van der Waals surface area contributed by atoms with E-state index in [0.29, 0.717) is 35.0 Å². The molecular formula is C28H26N4O2. The van der Waals surface area contributed by atoms with Gasteiger partial charge in [0.1, 0.15) is 12.3 Å². The molecule has 0 saturated carbocycles. The van der Waals surface area contributed by atoms with Crippen molar-refractivity contribution in [2.75, 3.05) is 0 Å². The summed E-state index contributed by atoms with van der Waals surface area (Å²) in [4.78, 5) is 18.3. The van der Waals surface area contributed by atoms with Crippen LogP contribution in [0.5, 0.6) is 5.75 Å². The van der Waals surface area contributed by atoms with Crippen LogP contribution in [0.2, 0.25) is 0 Å². The number of rotatable bonds is 5. The van der Waals surface area contributed by atoms with Gasteiger partial charge < -0.3 is 4.74 Å². The monoisotopic (exact) mass is 450 g/mol. The second-order valence-corrected chi connectivity index (χ2v) is 8.64. The Hall–Kier alpha value is -4.19. The molecule has 3 heterocycles. The summed E-state index contributed by atoms with van der Waals surface area (Å²) in [5.41, 5.74) is 7.33. The fourth-order valence-corrected chi connectivity index (χ4v) is 4.23. The number of pyridine rings is 1. The first kappa shape index (κ1) is 21.6. The van der Waals surface area contributed by atoms with Gasteiger partial charge in [-0.25, -0.2) is 9.67 Å². The highest BCUT2D eigenvalue weighted by Crippen LogP contribution is 2.24. The molecule has 170 valence electrons. The summed E-state index contributed by atoms with van der Waals surface area (Å²) in [5, 5.41) is 4.76. The zero-order chi connectivity index (χ0) is 23.8. The molecular weight excluding hydrogens is 424 g/mol. The lowest BCUT2D eigenvalue weighted by atomic mass is 10.1. The lowest BCUT2D eigenvalue weighted by Gasteiger charge is -2.12. The smallest absolute Gasteiger partial charge is 0.267 e. The van der Waals surface area contributed by atoms with E-state index in [9.17, 15) is 4.79 Å². The van der Waals surface area contributed by atoms with Gasteiger partial charge in [-0.05, 0) is 69.2 Å². The first-order valence-corrected chi connectivity index (χ1v) is 11.2. The van der Waals surface area contributed by atoms with Crippen LogP contribution in [0.1, 0.15) is 28.1 Å². The van der Waals surface area contributed by atoms with Gasteiger partial charge in [-0.1, -0.05) is 42.0 Å². The molecule has 0 bridgehead atoms. The summed E-state index contributed by atoms with van der Waals surface area (Å²) in [6.45, 7) is 8.33. The summed E-state index contributed by atoms with van der Waals surface area (Å²) in [6.07, 6.45) is 1.72. The minimum absolute atomic E-state index is 0.169. The maximum absolute atomic E-state index is 13.6. The zero-order valence-electron chi connectivity index (χ0n) is 19.7. The van der Waals surface area contributed by atoms with Crippen LogP contribution in [0, 0.1) is 27.7 Å². The molecule has 0 amide bonds. The van der Waals surface area contributed by atoms with E-state index in [1.807, 2.05) is 67.9 Å². The highest BCUT2D eigenvalue weighted by Gasteiger charge is 2.18. The Kier molecular flexibility index (Phi) is 5.49. The van der Waals surface area contributed by atoms with Crippen molar-refractivity contribution < 1.29 is 4.74 Å². The molecule has 0 aliphatic carbocycles. The Morgan fingerprint density at radius 1 is 0.882 bits per heavy atom. The third-order valence-electron chi connectivity index (χ3n) is 5.87. The van der Waals surface area contributed by atoms with Gasteiger partial charge in [0.15, 0.2) is 11.4 Å². The van der Waals surface area contributed by atoms with Crippen LogP contribution in [-0.2, 0) is 6.61 Å². The molecule has 0 radical (unpaired) electrons. The minimum Gasteiger partial charge on any atom is -0.485 e. The van der Waals surface area contributed by atoms with Gasteiger partial charge in [-0.15, -0.1) is 0 Å². The molecule has 0 fully saturated rings. The average molecular weight is 451 g/mol. The highest BCUT2D eigenvalue weighted by molar-refractivity contribution is 5.65. The molecule has 5 aromatic rings. The van der Waals surface area contributed by atoms with Crippen molar-refractivity contribution in [3.63, 3.8) is 0 Å². The van der Waals surface area contributed by atoms with Crippen molar-refractivity contribution in [2.45, 2.75) is 34.3 Å². The predicted molar refractivity (Wildman–Crippen MR) is 134 cm³/mol. The molecule has 3 aromatic heterocycles. The Balaban J connectivity index is 1.55. The van der Waals surface area contributed by atoms with Gasteiger partial charge in [0.05, 0.1) is 16.9 Å². The van der Waals surface area contributed by atoms with Crippen LogP contribution >= 0.6 is 0 Å². The SMILES string of the molecule is Cc1cccc(COc2cccn3c(=O)c(-c4cc(C)n(-c5cccc(C)c5)n4)c(C)nc23)c1. The van der Waals surface area contributed by atoms with Gasteiger partial charge in [0, 0.05) is 11.9 Å². The molecule has 0 aliphatic rings. The van der Waals surface area contributed by atoms with Crippen LogP contribution in [0.25, 0.3) is 22.6 Å². The fraction of sp³-hybridized carbons (Fsp3) is 0.179. The fourth-order valence-electron chi connectivity index (χ4n) is 4.23. The van der Waals surface area contributed by atoms with Crippen molar-refractivity contribution in [3.05, 3.63) is 111 Å². The van der Waals surface area contributed by atoms with E-state index in [1.54, 1.807) is 12.3 Å². The van der Waals surface area contributed by atoms with E-state index in [2.05, 4.69) is 25.1 Å². The number of ether oxygens (including phenoxy) is 1. The lowest BCUT2D eigenvalue weighted by molar-refractivity contribution is 0.307. The van der Waals surface area contributed by atoms with Crippen molar-refractivity contribution in [3.8, 4) is 22.7 Å². The van der Waals surface area contributed by atoms with E-state index in [1.165, 1.54) is 9.96 Å². The highest BCUT2D eigenvalue weighted by atomic mass is 16.5. The summed E-state index contributed by atoms with van der Waals surface area (Å²) >= 11 is 0. The lowest BCUT2D eigenvalue weighted by Crippen LogP contribution is -2.19. The first-order valence-electron chi connectivity index (χ1n) is 11.2. The largest absolute Gasteiger partial charge is 0.485 e. The topological polar surface area (TPSA) is 61.4 Å². The number of aryl methyl sites for hydroxylation is 4. The summed E-state index contributed by atoms with van der Waals surface area (Å²) in [5.74, 6) is 0.567. The van der Waals surface area contributed by atoms with Crippen LogP contribution in [0.15, 0.2) is 77.7 Å². The maximum Gasteiger partial charge on any atom is 0.267 e. The molecule has 6 nitrogen and oxygen atoms in total. The van der Waals surface area contributed by atoms with E-state index < -0.39 is 0 Å². The van der Waals surface area contributed by atoms with Gasteiger partial charge in [0.2, 0.25) is 0 Å². The van der Waals surface area contributed by atoms with Crippen LogP contribution in [0.4, 0.5) is 0 Å². The Morgan fingerprint density at radius 3 is 2.41 bits per heavy atom. The minimum atomic E-state index is -0.169. The average Bonchev–Trinajstić information content (AvgIpc) is 3.19. The van der Waals surface area contributed by atoms with Gasteiger partial charge in [0.25, 0.3) is 5.56 Å². The first-order chi connectivity index (χ1) is 16.4. The van der Waals surface area contributed by atoms with E-state index >= 15 is 0 Å². The number of hydrogen-bond donors (Lipinski definition) is 0. The molecule has 2 aromatic carbocycles. The number of benzene rings is 2. The summed E-state index contributed by atoms with van der Waals surface area (Å²) in [7, 11) is 0. The Bertz CT molecular complexity index is 1580. The van der Waals surface area contributed by atoms with Crippen LogP contribution in [0.3, 0.4) is 0 Å². The molecule has 0 saturated heterocycles. The van der Waals surface area contributed by atoms with E-state index in [-0.39, 0.29) is 5.56 Å². The number of aromatic nitrogens is 4. The predicted octanol–water partition coefficient (Wildman–Crippen LogP) is 5.36. The Morgan fingerprint density at radius 2 is 1.65 bits per heavy atom. The molecule has 5 rings (SSSR count). The molecule has 0 aliphatic heterocycles. The second-order valence-electron chi connectivity index (χ2n) is 8.64. The van der Waals surface area contributed by atoms with Crippen molar-refractivity contribution in [1.29, 1.82) is 0 Å². The molecule has 6 heteroatoms. The molecule has 0 N–H and O–H groups in total. The second kappa shape index (κ2) is 8.63. The van der Waals surface area contributed by atoms with Crippen molar-refractivity contribution in [2.24, 2.45) is 0 Å². The maximum atomic E-state index is 13.6. The van der Waals surface area contributed by atoms with Crippen LogP contribution in [-0.4, -0.2) is 19.2 Å². The van der Waals surface area contributed by atoms with Gasteiger partial charge in [-0.3, -0.25) is 9.20 Å². The van der Waals surface area contributed by atoms with Crippen molar-refractivity contribution in [1.82, 2.24) is 19.2 Å². The quantitative estimate of drug-likeness (QED) is 0.362. The van der Waals surface area contributed by atoms with Gasteiger partial charge >= 0.3 is 0 Å². The van der Waals surface area contributed by atoms with Crippen LogP contribution < -0.4 is 10.3 Å². The van der Waals surface area contributed by atoms with E-state index in [0.717, 1.165) is 22.5 Å². The van der Waals surface area contributed by atoms with Crippen molar-refractivity contribution >= 4 is 5.65 Å². The normalized spacial score (nSPS) is 11.2. The number of nitrogens with zero attached hydrogens (tertiary/aromatic N) is 4. The molecule has 0 unspecified atom stereocenters. The van der Waals surface area contributed by atoms with Gasteiger partial charge in [-0.2, -0.15) is 5.10 Å². The summed E-state index contributed by atoms with van der Waals surface area (Å²) in [6, 6.07) is 21.9. The van der Waals surface area contributed by atoms with E-state index in [4.69, 9.17) is 14.8 Å².